The molecule has 0 radical (unpaired) electrons. The number of carboxylic acids is 1. The van der Waals surface area contributed by atoms with Gasteiger partial charge in [0.25, 0.3) is 0 Å². The Labute approximate surface area is 159 Å². The van der Waals surface area contributed by atoms with Gasteiger partial charge in [-0.15, -0.1) is 0 Å². The van der Waals surface area contributed by atoms with Gasteiger partial charge in [0.2, 0.25) is 0 Å². The first kappa shape index (κ1) is 18.1. The molecule has 0 fully saturated rings. The van der Waals surface area contributed by atoms with Crippen LogP contribution in [0.25, 0.3) is 10.9 Å². The quantitative estimate of drug-likeness (QED) is 0.522. The van der Waals surface area contributed by atoms with E-state index in [9.17, 15) is 14.7 Å². The number of fused-ring (bicyclic) bond motifs is 1. The Bertz CT molecular complexity index is 971. The molecule has 6 nitrogen and oxygen atoms in total. The van der Waals surface area contributed by atoms with Gasteiger partial charge in [-0.3, -0.25) is 0 Å². The van der Waals surface area contributed by atoms with Gasteiger partial charge in [-0.25, -0.2) is 9.59 Å². The summed E-state index contributed by atoms with van der Waals surface area (Å²) in [6.07, 6.45) is 1.89. The molecule has 8 heteroatoms. The number of halogens is 2. The molecule has 2 amide bonds. The van der Waals surface area contributed by atoms with Crippen LogP contribution in [0.1, 0.15) is 5.56 Å². The second-order valence-corrected chi connectivity index (χ2v) is 6.52. The van der Waals surface area contributed by atoms with Crippen molar-refractivity contribution in [3.05, 3.63) is 64.3 Å². The van der Waals surface area contributed by atoms with Gasteiger partial charge in [0.05, 0.1) is 10.7 Å². The highest BCUT2D eigenvalue weighted by Gasteiger charge is 2.22. The number of H-pyrrole nitrogens is 1. The number of hydrogen-bond acceptors (Lipinski definition) is 2. The number of aromatic nitrogens is 1. The highest BCUT2D eigenvalue weighted by molar-refractivity contribution is 6.36. The van der Waals surface area contributed by atoms with Gasteiger partial charge >= 0.3 is 12.0 Å². The molecule has 0 unspecified atom stereocenters. The molecule has 2 aromatic carbocycles. The zero-order valence-electron chi connectivity index (χ0n) is 13.4. The Hall–Kier alpha value is -2.70. The molecule has 1 heterocycles. The topological polar surface area (TPSA) is 94.2 Å². The van der Waals surface area contributed by atoms with E-state index >= 15 is 0 Å². The Morgan fingerprint density at radius 1 is 1.15 bits per heavy atom. The van der Waals surface area contributed by atoms with Gasteiger partial charge in [-0.1, -0.05) is 41.4 Å². The number of hydrogen-bond donors (Lipinski definition) is 4. The number of rotatable bonds is 5. The summed E-state index contributed by atoms with van der Waals surface area (Å²) in [5, 5.41) is 16.0. The van der Waals surface area contributed by atoms with Crippen LogP contribution in [0.3, 0.4) is 0 Å². The molecule has 0 aliphatic carbocycles. The molecule has 0 saturated heterocycles. The Morgan fingerprint density at radius 2 is 1.92 bits per heavy atom. The van der Waals surface area contributed by atoms with E-state index in [-0.39, 0.29) is 11.4 Å². The van der Waals surface area contributed by atoms with Gasteiger partial charge in [0.15, 0.2) is 0 Å². The fourth-order valence-corrected chi connectivity index (χ4v) is 3.08. The van der Waals surface area contributed by atoms with Crippen LogP contribution >= 0.6 is 23.2 Å². The van der Waals surface area contributed by atoms with E-state index in [0.29, 0.717) is 10.7 Å². The van der Waals surface area contributed by atoms with Crippen LogP contribution in [0, 0.1) is 0 Å². The zero-order chi connectivity index (χ0) is 18.7. The molecule has 4 N–H and O–H groups in total. The summed E-state index contributed by atoms with van der Waals surface area (Å²) in [5.74, 6) is -1.13. The van der Waals surface area contributed by atoms with E-state index in [4.69, 9.17) is 23.2 Å². The first-order valence-electron chi connectivity index (χ1n) is 7.74. The monoisotopic (exact) mass is 391 g/mol. The molecule has 0 spiro atoms. The number of carbonyl (C=O) groups is 2. The van der Waals surface area contributed by atoms with Crippen molar-refractivity contribution < 1.29 is 14.7 Å². The predicted molar refractivity (Wildman–Crippen MR) is 102 cm³/mol. The summed E-state index contributed by atoms with van der Waals surface area (Å²) >= 11 is 11.8. The number of amides is 2. The molecular formula is C18H15Cl2N3O3. The molecular weight excluding hydrogens is 377 g/mol. The maximum absolute atomic E-state index is 12.2. The molecule has 134 valence electrons. The van der Waals surface area contributed by atoms with Crippen LogP contribution in [0.5, 0.6) is 0 Å². The molecule has 0 aliphatic heterocycles. The zero-order valence-corrected chi connectivity index (χ0v) is 14.9. The average molecular weight is 392 g/mol. The van der Waals surface area contributed by atoms with Gasteiger partial charge < -0.3 is 20.7 Å². The number of para-hydroxylation sites is 1. The molecule has 3 rings (SSSR count). The number of carbonyl (C=O) groups excluding carboxylic acids is 1. The van der Waals surface area contributed by atoms with Crippen molar-refractivity contribution in [2.75, 3.05) is 5.32 Å². The van der Waals surface area contributed by atoms with Crippen molar-refractivity contribution in [1.82, 2.24) is 10.3 Å². The molecule has 26 heavy (non-hydrogen) atoms. The lowest BCUT2D eigenvalue weighted by Gasteiger charge is -2.15. The SMILES string of the molecule is O=C(Nc1ccc(Cl)cc1Cl)N[C@H](Cc1c[nH]c2ccccc12)C(=O)O. The minimum absolute atomic E-state index is 0.140. The fourth-order valence-electron chi connectivity index (χ4n) is 2.63. The van der Waals surface area contributed by atoms with Gasteiger partial charge in [-0.2, -0.15) is 0 Å². The Balaban J connectivity index is 1.72. The van der Waals surface area contributed by atoms with E-state index in [1.54, 1.807) is 18.3 Å². The lowest BCUT2D eigenvalue weighted by Crippen LogP contribution is -2.44. The summed E-state index contributed by atoms with van der Waals surface area (Å²) < 4.78 is 0. The van der Waals surface area contributed by atoms with E-state index in [0.717, 1.165) is 16.5 Å². The number of aromatic amines is 1. The number of carboxylic acid groups (broad SMARTS) is 1. The maximum Gasteiger partial charge on any atom is 0.326 e. The summed E-state index contributed by atoms with van der Waals surface area (Å²) in [6, 6.07) is 10.4. The molecule has 1 atom stereocenters. The third kappa shape index (κ3) is 4.09. The lowest BCUT2D eigenvalue weighted by atomic mass is 10.1. The standard InChI is InChI=1S/C18H15Cl2N3O3/c19-11-5-6-15(13(20)8-11)22-18(26)23-16(17(24)25)7-10-9-21-14-4-2-1-3-12(10)14/h1-6,8-9,16,21H,7H2,(H,24,25)(H2,22,23,26)/t16-/m1/s1. The highest BCUT2D eigenvalue weighted by Crippen LogP contribution is 2.25. The Kier molecular flexibility index (Phi) is 5.35. The lowest BCUT2D eigenvalue weighted by molar-refractivity contribution is -0.139. The first-order valence-corrected chi connectivity index (χ1v) is 8.50. The van der Waals surface area contributed by atoms with Crippen LogP contribution in [-0.4, -0.2) is 28.1 Å². The van der Waals surface area contributed by atoms with Crippen LogP contribution < -0.4 is 10.6 Å². The third-order valence-corrected chi connectivity index (χ3v) is 4.43. The molecule has 1 aromatic heterocycles. The van der Waals surface area contributed by atoms with E-state index in [2.05, 4.69) is 15.6 Å². The molecule has 3 aromatic rings. The number of aliphatic carboxylic acids is 1. The third-order valence-electron chi connectivity index (χ3n) is 3.88. The minimum atomic E-state index is -1.13. The summed E-state index contributed by atoms with van der Waals surface area (Å²) in [4.78, 5) is 26.8. The number of benzene rings is 2. The first-order chi connectivity index (χ1) is 12.4. The summed E-state index contributed by atoms with van der Waals surface area (Å²) in [7, 11) is 0. The van der Waals surface area contributed by atoms with Gasteiger partial charge in [-0.05, 0) is 29.8 Å². The minimum Gasteiger partial charge on any atom is -0.480 e. The second-order valence-electron chi connectivity index (χ2n) is 5.68. The number of anilines is 1. The van der Waals surface area contributed by atoms with Crippen molar-refractivity contribution in [3.63, 3.8) is 0 Å². The average Bonchev–Trinajstić information content (AvgIpc) is 3.00. The second kappa shape index (κ2) is 7.68. The van der Waals surface area contributed by atoms with Crippen molar-refractivity contribution in [3.8, 4) is 0 Å². The normalized spacial score (nSPS) is 11.9. The van der Waals surface area contributed by atoms with Crippen LogP contribution in [0.15, 0.2) is 48.7 Å². The number of nitrogens with one attached hydrogen (secondary N) is 3. The molecule has 0 saturated carbocycles. The molecule has 0 aliphatic rings. The van der Waals surface area contributed by atoms with Crippen LogP contribution in [0.4, 0.5) is 10.5 Å². The smallest absolute Gasteiger partial charge is 0.326 e. The van der Waals surface area contributed by atoms with E-state index < -0.39 is 18.0 Å². The summed E-state index contributed by atoms with van der Waals surface area (Å²) in [5.41, 5.74) is 2.05. The van der Waals surface area contributed by atoms with Crippen molar-refractivity contribution in [2.24, 2.45) is 0 Å². The highest BCUT2D eigenvalue weighted by atomic mass is 35.5. The molecule has 0 bridgehead atoms. The van der Waals surface area contributed by atoms with Gasteiger partial charge in [0, 0.05) is 28.5 Å². The van der Waals surface area contributed by atoms with E-state index in [1.165, 1.54) is 6.07 Å². The van der Waals surface area contributed by atoms with Crippen molar-refractivity contribution >= 4 is 51.8 Å². The van der Waals surface area contributed by atoms with Crippen LogP contribution in [-0.2, 0) is 11.2 Å². The Morgan fingerprint density at radius 3 is 2.65 bits per heavy atom. The van der Waals surface area contributed by atoms with E-state index in [1.807, 2.05) is 24.3 Å². The fraction of sp³-hybridized carbons (Fsp3) is 0.111. The van der Waals surface area contributed by atoms with Gasteiger partial charge in [0.1, 0.15) is 6.04 Å². The maximum atomic E-state index is 12.2. The predicted octanol–water partition coefficient (Wildman–Crippen LogP) is 4.29. The largest absolute Gasteiger partial charge is 0.480 e. The van der Waals surface area contributed by atoms with Crippen molar-refractivity contribution in [1.29, 1.82) is 0 Å². The van der Waals surface area contributed by atoms with Crippen molar-refractivity contribution in [2.45, 2.75) is 12.5 Å². The summed E-state index contributed by atoms with van der Waals surface area (Å²) in [6.45, 7) is 0. The number of urea groups is 1. The van der Waals surface area contributed by atoms with Crippen LogP contribution in [0.2, 0.25) is 10.0 Å².